The zero-order chi connectivity index (χ0) is 22.2. The van der Waals surface area contributed by atoms with Crippen LogP contribution in [0.3, 0.4) is 0 Å². The molecule has 0 spiro atoms. The number of para-hydroxylation sites is 1. The average Bonchev–Trinajstić information content (AvgIpc) is 3.17. The van der Waals surface area contributed by atoms with Crippen molar-refractivity contribution in [3.63, 3.8) is 0 Å². The number of fused-ring (bicyclic) bond motifs is 2. The van der Waals surface area contributed by atoms with Crippen LogP contribution in [0.25, 0.3) is 16.7 Å². The quantitative estimate of drug-likeness (QED) is 0.480. The summed E-state index contributed by atoms with van der Waals surface area (Å²) < 4.78 is 13.0. The van der Waals surface area contributed by atoms with E-state index in [1.54, 1.807) is 14.2 Å². The van der Waals surface area contributed by atoms with Crippen molar-refractivity contribution < 1.29 is 14.3 Å². The summed E-state index contributed by atoms with van der Waals surface area (Å²) in [4.78, 5) is 19.9. The van der Waals surface area contributed by atoms with Crippen molar-refractivity contribution in [1.82, 2.24) is 14.5 Å². The molecular weight excluding hydrogens is 402 g/mol. The maximum Gasteiger partial charge on any atom is 0.254 e. The number of amides is 1. The third kappa shape index (κ3) is 3.38. The molecule has 6 heteroatoms. The van der Waals surface area contributed by atoms with Gasteiger partial charge in [0.05, 0.1) is 25.3 Å². The molecule has 6 nitrogen and oxygen atoms in total. The van der Waals surface area contributed by atoms with Crippen molar-refractivity contribution in [3.05, 3.63) is 83.2 Å². The molecule has 0 saturated carbocycles. The largest absolute Gasteiger partial charge is 0.493 e. The fourth-order valence-electron chi connectivity index (χ4n) is 4.48. The van der Waals surface area contributed by atoms with E-state index >= 15 is 0 Å². The number of aromatic nitrogens is 2. The molecule has 3 aromatic carbocycles. The number of imidazole rings is 1. The zero-order valence-corrected chi connectivity index (χ0v) is 18.5. The van der Waals surface area contributed by atoms with Crippen LogP contribution in [0, 0.1) is 6.92 Å². The Morgan fingerprint density at radius 1 is 0.938 bits per heavy atom. The van der Waals surface area contributed by atoms with Crippen LogP contribution in [0.2, 0.25) is 0 Å². The van der Waals surface area contributed by atoms with E-state index in [-0.39, 0.29) is 5.91 Å². The van der Waals surface area contributed by atoms with Crippen molar-refractivity contribution >= 4 is 16.9 Å². The van der Waals surface area contributed by atoms with Gasteiger partial charge in [0.2, 0.25) is 0 Å². The monoisotopic (exact) mass is 427 g/mol. The highest BCUT2D eigenvalue weighted by molar-refractivity contribution is 5.97. The maximum absolute atomic E-state index is 13.3. The standard InChI is InChI=1S/C26H25N3O3/c1-17-27-22-13-19(9-10-23(22)29(17)21-7-5-4-6-8-21)26(30)28-12-11-18-14-24(31-2)25(32-3)15-20(18)16-28/h4-10,13-15H,11-12,16H2,1-3H3. The molecule has 0 unspecified atom stereocenters. The fraction of sp³-hybridized carbons (Fsp3) is 0.231. The first-order chi connectivity index (χ1) is 15.6. The van der Waals surface area contributed by atoms with Crippen molar-refractivity contribution in [1.29, 1.82) is 0 Å². The second-order valence-electron chi connectivity index (χ2n) is 7.99. The molecule has 0 bridgehead atoms. The van der Waals surface area contributed by atoms with E-state index in [9.17, 15) is 4.79 Å². The summed E-state index contributed by atoms with van der Waals surface area (Å²) in [5.41, 5.74) is 5.81. The second-order valence-corrected chi connectivity index (χ2v) is 7.99. The Bertz CT molecular complexity index is 1310. The van der Waals surface area contributed by atoms with E-state index in [1.165, 1.54) is 5.56 Å². The predicted molar refractivity (Wildman–Crippen MR) is 124 cm³/mol. The summed E-state index contributed by atoms with van der Waals surface area (Å²) in [7, 11) is 3.27. The second kappa shape index (κ2) is 8.04. The lowest BCUT2D eigenvalue weighted by Crippen LogP contribution is -2.36. The van der Waals surface area contributed by atoms with E-state index in [1.807, 2.05) is 60.4 Å². The first-order valence-electron chi connectivity index (χ1n) is 10.7. The minimum absolute atomic E-state index is 0.0132. The molecule has 0 N–H and O–H groups in total. The van der Waals surface area contributed by atoms with Crippen LogP contribution < -0.4 is 9.47 Å². The van der Waals surface area contributed by atoms with Gasteiger partial charge in [0.15, 0.2) is 11.5 Å². The van der Waals surface area contributed by atoms with Crippen molar-refractivity contribution in [2.75, 3.05) is 20.8 Å². The molecule has 2 heterocycles. The maximum atomic E-state index is 13.3. The normalized spacial score (nSPS) is 13.2. The number of methoxy groups -OCH3 is 2. The molecule has 4 aromatic rings. The van der Waals surface area contributed by atoms with Gasteiger partial charge in [-0.15, -0.1) is 0 Å². The van der Waals surface area contributed by atoms with Crippen LogP contribution in [-0.4, -0.2) is 41.1 Å². The van der Waals surface area contributed by atoms with Crippen LogP contribution in [0.15, 0.2) is 60.7 Å². The van der Waals surface area contributed by atoms with Gasteiger partial charge < -0.3 is 14.4 Å². The highest BCUT2D eigenvalue weighted by atomic mass is 16.5. The predicted octanol–water partition coefficient (Wildman–Crippen LogP) is 4.55. The van der Waals surface area contributed by atoms with Crippen molar-refractivity contribution in [3.8, 4) is 17.2 Å². The molecule has 1 amide bonds. The number of carbonyl (C=O) groups is 1. The Hall–Kier alpha value is -3.80. The van der Waals surface area contributed by atoms with Gasteiger partial charge in [0.1, 0.15) is 5.82 Å². The van der Waals surface area contributed by atoms with Crippen LogP contribution >= 0.6 is 0 Å². The number of aryl methyl sites for hydroxylation is 1. The van der Waals surface area contributed by atoms with Crippen LogP contribution in [0.5, 0.6) is 11.5 Å². The number of hydrogen-bond acceptors (Lipinski definition) is 4. The summed E-state index contributed by atoms with van der Waals surface area (Å²) in [6.07, 6.45) is 0.783. The smallest absolute Gasteiger partial charge is 0.254 e. The zero-order valence-electron chi connectivity index (χ0n) is 18.5. The van der Waals surface area contributed by atoms with Crippen LogP contribution in [0.1, 0.15) is 27.3 Å². The first-order valence-corrected chi connectivity index (χ1v) is 10.7. The number of hydrogen-bond donors (Lipinski definition) is 0. The first kappa shape index (κ1) is 20.1. The molecule has 0 radical (unpaired) electrons. The number of carbonyl (C=O) groups excluding carboxylic acids is 1. The highest BCUT2D eigenvalue weighted by Crippen LogP contribution is 2.33. The van der Waals surface area contributed by atoms with Gasteiger partial charge in [-0.1, -0.05) is 18.2 Å². The van der Waals surface area contributed by atoms with E-state index in [0.717, 1.165) is 40.3 Å². The van der Waals surface area contributed by atoms with Gasteiger partial charge in [-0.2, -0.15) is 0 Å². The minimum atomic E-state index is 0.0132. The van der Waals surface area contributed by atoms with E-state index in [2.05, 4.69) is 16.7 Å². The molecule has 32 heavy (non-hydrogen) atoms. The fourth-order valence-corrected chi connectivity index (χ4v) is 4.48. The molecule has 0 saturated heterocycles. The van der Waals surface area contributed by atoms with Gasteiger partial charge in [0.25, 0.3) is 5.91 Å². The Morgan fingerprint density at radius 3 is 2.38 bits per heavy atom. The third-order valence-electron chi connectivity index (χ3n) is 6.09. The summed E-state index contributed by atoms with van der Waals surface area (Å²) in [5.74, 6) is 2.31. The molecule has 1 aromatic heterocycles. The number of nitrogens with zero attached hydrogens (tertiary/aromatic N) is 3. The molecular formula is C26H25N3O3. The third-order valence-corrected chi connectivity index (χ3v) is 6.09. The Kier molecular flexibility index (Phi) is 5.05. The highest BCUT2D eigenvalue weighted by Gasteiger charge is 2.24. The van der Waals surface area contributed by atoms with Crippen LogP contribution in [-0.2, 0) is 13.0 Å². The number of rotatable bonds is 4. The van der Waals surface area contributed by atoms with E-state index < -0.39 is 0 Å². The number of benzene rings is 3. The summed E-state index contributed by atoms with van der Waals surface area (Å²) in [6, 6.07) is 19.9. The van der Waals surface area contributed by atoms with Gasteiger partial charge >= 0.3 is 0 Å². The van der Waals surface area contributed by atoms with Crippen LogP contribution in [0.4, 0.5) is 0 Å². The van der Waals surface area contributed by atoms with Gasteiger partial charge in [-0.3, -0.25) is 9.36 Å². The van der Waals surface area contributed by atoms with Crippen molar-refractivity contribution in [2.24, 2.45) is 0 Å². The molecule has 1 aliphatic rings. The Balaban J connectivity index is 1.44. The summed E-state index contributed by atoms with van der Waals surface area (Å²) in [6.45, 7) is 3.19. The lowest BCUT2D eigenvalue weighted by atomic mass is 9.98. The van der Waals surface area contributed by atoms with E-state index in [0.29, 0.717) is 24.4 Å². The molecule has 0 fully saturated rings. The summed E-state index contributed by atoms with van der Waals surface area (Å²) >= 11 is 0. The SMILES string of the molecule is COc1cc2c(cc1OC)CN(C(=O)c1ccc3c(c1)nc(C)n3-c1ccccc1)CC2. The molecule has 5 rings (SSSR count). The van der Waals surface area contributed by atoms with E-state index in [4.69, 9.17) is 14.5 Å². The lowest BCUT2D eigenvalue weighted by molar-refractivity contribution is 0.0734. The Morgan fingerprint density at radius 2 is 1.66 bits per heavy atom. The van der Waals surface area contributed by atoms with Gasteiger partial charge in [0, 0.05) is 24.3 Å². The molecule has 162 valence electrons. The minimum Gasteiger partial charge on any atom is -0.493 e. The molecule has 0 atom stereocenters. The van der Waals surface area contributed by atoms with Gasteiger partial charge in [-0.25, -0.2) is 4.98 Å². The summed E-state index contributed by atoms with van der Waals surface area (Å²) in [5, 5.41) is 0. The van der Waals surface area contributed by atoms with Crippen molar-refractivity contribution in [2.45, 2.75) is 19.9 Å². The average molecular weight is 428 g/mol. The molecule has 1 aliphatic heterocycles. The lowest BCUT2D eigenvalue weighted by Gasteiger charge is -2.29. The Labute approximate surface area is 187 Å². The number of ether oxygens (including phenoxy) is 2. The van der Waals surface area contributed by atoms with Gasteiger partial charge in [-0.05, 0) is 66.9 Å². The topological polar surface area (TPSA) is 56.6 Å². The molecule has 0 aliphatic carbocycles.